The smallest absolute Gasteiger partial charge is 0.213 e. The molecule has 0 amide bonds. The number of halogens is 1. The fourth-order valence-electron chi connectivity index (χ4n) is 0.834. The lowest BCUT2D eigenvalue weighted by Crippen LogP contribution is -2.37. The highest BCUT2D eigenvalue weighted by atomic mass is 35.6. The maximum atomic E-state index is 6.22. The molecule has 0 saturated carbocycles. The van der Waals surface area contributed by atoms with Crippen molar-refractivity contribution in [1.29, 1.82) is 0 Å². The van der Waals surface area contributed by atoms with E-state index in [2.05, 4.69) is 37.8 Å². The number of likely N-dealkylation sites (N-methyl/N-ethyl adjacent to an activating group) is 1. The van der Waals surface area contributed by atoms with Crippen LogP contribution in [-0.4, -0.2) is 40.4 Å². The van der Waals surface area contributed by atoms with Gasteiger partial charge in [-0.25, -0.2) is 0 Å². The predicted octanol–water partition coefficient (Wildman–Crippen LogP) is 1.40. The van der Waals surface area contributed by atoms with Crippen LogP contribution in [0.2, 0.25) is 5.54 Å². The highest BCUT2D eigenvalue weighted by Gasteiger charge is 2.13. The van der Waals surface area contributed by atoms with E-state index in [4.69, 9.17) is 11.1 Å². The third-order valence-corrected chi connectivity index (χ3v) is 5.94. The quantitative estimate of drug-likeness (QED) is 0.525. The summed E-state index contributed by atoms with van der Waals surface area (Å²) < 4.78 is 0. The summed E-state index contributed by atoms with van der Waals surface area (Å²) in [5, 5.41) is 0. The van der Waals surface area contributed by atoms with Crippen LogP contribution >= 0.6 is 11.1 Å². The minimum absolute atomic E-state index is 0.689. The van der Waals surface area contributed by atoms with E-state index in [0.29, 0.717) is 5.54 Å². The second-order valence-corrected chi connectivity index (χ2v) is 7.31. The van der Waals surface area contributed by atoms with E-state index in [1.165, 1.54) is 6.42 Å². The summed E-state index contributed by atoms with van der Waals surface area (Å²) in [7, 11) is 3.00. The lowest BCUT2D eigenvalue weighted by atomic mass is 10.4. The van der Waals surface area contributed by atoms with Gasteiger partial charge in [0.15, 0.2) is 0 Å². The normalized spacial score (nSPS) is 16.5. The Hall–Kier alpha value is 0.427. The SMILES string of the molecule is CCC(C)[SiH](Cl)NCCN(C)C. The maximum absolute atomic E-state index is 6.22. The lowest BCUT2D eigenvalue weighted by molar-refractivity contribution is 0.413. The molecule has 74 valence electrons. The molecule has 0 rings (SSSR count). The van der Waals surface area contributed by atoms with Crippen LogP contribution in [0.25, 0.3) is 0 Å². The minimum atomic E-state index is -1.16. The average Bonchev–Trinajstić information content (AvgIpc) is 2.02. The van der Waals surface area contributed by atoms with Crippen molar-refractivity contribution in [2.24, 2.45) is 0 Å². The van der Waals surface area contributed by atoms with E-state index in [0.717, 1.165) is 13.1 Å². The van der Waals surface area contributed by atoms with Crippen LogP contribution in [0.15, 0.2) is 0 Å². The van der Waals surface area contributed by atoms with Gasteiger partial charge in [0.05, 0.1) is 0 Å². The molecule has 0 bridgehead atoms. The van der Waals surface area contributed by atoms with Gasteiger partial charge in [-0.15, -0.1) is 0 Å². The van der Waals surface area contributed by atoms with Crippen LogP contribution in [0.3, 0.4) is 0 Å². The minimum Gasteiger partial charge on any atom is -0.326 e. The molecule has 0 aromatic heterocycles. The molecule has 0 fully saturated rings. The Morgan fingerprint density at radius 3 is 2.50 bits per heavy atom. The van der Waals surface area contributed by atoms with Crippen LogP contribution in [0, 0.1) is 0 Å². The van der Waals surface area contributed by atoms with Gasteiger partial charge in [-0.05, 0) is 19.6 Å². The van der Waals surface area contributed by atoms with Crippen molar-refractivity contribution in [3.63, 3.8) is 0 Å². The first kappa shape index (κ1) is 12.4. The summed E-state index contributed by atoms with van der Waals surface area (Å²) in [6.45, 7) is 6.53. The molecule has 0 aromatic rings. The zero-order valence-corrected chi connectivity index (χ0v) is 10.5. The Morgan fingerprint density at radius 2 is 2.08 bits per heavy atom. The molecule has 0 heterocycles. The van der Waals surface area contributed by atoms with Crippen LogP contribution in [-0.2, 0) is 0 Å². The number of nitrogens with zero attached hydrogens (tertiary/aromatic N) is 1. The topological polar surface area (TPSA) is 15.3 Å². The molecule has 0 aliphatic heterocycles. The van der Waals surface area contributed by atoms with E-state index in [9.17, 15) is 0 Å². The Bertz CT molecular complexity index is 111. The van der Waals surface area contributed by atoms with Crippen LogP contribution < -0.4 is 4.98 Å². The van der Waals surface area contributed by atoms with E-state index >= 15 is 0 Å². The standard InChI is InChI=1S/C8H21ClN2Si/c1-5-8(2)12(9)10-6-7-11(3)4/h8,10,12H,5-7H2,1-4H3. The van der Waals surface area contributed by atoms with Crippen molar-refractivity contribution in [2.75, 3.05) is 27.2 Å². The third kappa shape index (κ3) is 6.00. The van der Waals surface area contributed by atoms with Crippen molar-refractivity contribution in [3.8, 4) is 0 Å². The molecule has 0 aromatic carbocycles. The number of hydrogen-bond acceptors (Lipinski definition) is 2. The first-order valence-electron chi connectivity index (χ1n) is 4.60. The second-order valence-electron chi connectivity index (χ2n) is 3.54. The molecule has 0 spiro atoms. The third-order valence-electron chi connectivity index (χ3n) is 2.04. The van der Waals surface area contributed by atoms with Gasteiger partial charge in [0.2, 0.25) is 8.27 Å². The van der Waals surface area contributed by atoms with Crippen LogP contribution in [0.4, 0.5) is 0 Å². The monoisotopic (exact) mass is 208 g/mol. The van der Waals surface area contributed by atoms with Crippen LogP contribution in [0.1, 0.15) is 20.3 Å². The fourth-order valence-corrected chi connectivity index (χ4v) is 2.92. The van der Waals surface area contributed by atoms with Crippen molar-refractivity contribution < 1.29 is 0 Å². The fraction of sp³-hybridized carbons (Fsp3) is 1.00. The molecule has 0 aliphatic rings. The lowest BCUT2D eigenvalue weighted by Gasteiger charge is -2.17. The number of nitrogens with one attached hydrogen (secondary N) is 1. The van der Waals surface area contributed by atoms with Gasteiger partial charge in [0.1, 0.15) is 0 Å². The first-order valence-corrected chi connectivity index (χ1v) is 7.59. The zero-order valence-electron chi connectivity index (χ0n) is 8.60. The Morgan fingerprint density at radius 1 is 1.50 bits per heavy atom. The van der Waals surface area contributed by atoms with Crippen molar-refractivity contribution in [3.05, 3.63) is 0 Å². The van der Waals surface area contributed by atoms with Gasteiger partial charge < -0.3 is 9.88 Å². The Labute approximate surface area is 82.7 Å². The molecular formula is C8H21ClN2Si. The van der Waals surface area contributed by atoms with Crippen LogP contribution in [0.5, 0.6) is 0 Å². The van der Waals surface area contributed by atoms with E-state index in [-0.39, 0.29) is 0 Å². The average molecular weight is 209 g/mol. The van der Waals surface area contributed by atoms with E-state index < -0.39 is 8.27 Å². The van der Waals surface area contributed by atoms with E-state index in [1.807, 2.05) is 0 Å². The summed E-state index contributed by atoms with van der Waals surface area (Å²) in [5.74, 6) is 0. The molecule has 0 radical (unpaired) electrons. The largest absolute Gasteiger partial charge is 0.326 e. The molecule has 2 unspecified atom stereocenters. The van der Waals surface area contributed by atoms with Crippen molar-refractivity contribution >= 4 is 19.3 Å². The highest BCUT2D eigenvalue weighted by Crippen LogP contribution is 2.13. The highest BCUT2D eigenvalue weighted by molar-refractivity contribution is 7.06. The van der Waals surface area contributed by atoms with Gasteiger partial charge in [0.25, 0.3) is 0 Å². The Balaban J connectivity index is 3.37. The molecule has 2 atom stereocenters. The molecule has 1 N–H and O–H groups in total. The molecule has 2 nitrogen and oxygen atoms in total. The van der Waals surface area contributed by atoms with Gasteiger partial charge in [-0.2, -0.15) is 11.1 Å². The number of hydrogen-bond donors (Lipinski definition) is 1. The second kappa shape index (κ2) is 6.89. The molecule has 4 heteroatoms. The summed E-state index contributed by atoms with van der Waals surface area (Å²) in [6, 6.07) is 0. The summed E-state index contributed by atoms with van der Waals surface area (Å²) in [5.41, 5.74) is 0.689. The molecule has 12 heavy (non-hydrogen) atoms. The summed E-state index contributed by atoms with van der Waals surface area (Å²) in [4.78, 5) is 5.60. The van der Waals surface area contributed by atoms with Crippen molar-refractivity contribution in [1.82, 2.24) is 9.88 Å². The van der Waals surface area contributed by atoms with Gasteiger partial charge in [-0.3, -0.25) is 0 Å². The zero-order chi connectivity index (χ0) is 9.56. The maximum Gasteiger partial charge on any atom is 0.213 e. The van der Waals surface area contributed by atoms with Gasteiger partial charge >= 0.3 is 0 Å². The number of rotatable bonds is 6. The first-order chi connectivity index (χ1) is 5.57. The van der Waals surface area contributed by atoms with Gasteiger partial charge in [-0.1, -0.05) is 20.3 Å². The molecular weight excluding hydrogens is 188 g/mol. The van der Waals surface area contributed by atoms with E-state index in [1.54, 1.807) is 0 Å². The summed E-state index contributed by atoms with van der Waals surface area (Å²) >= 11 is 6.22. The van der Waals surface area contributed by atoms with Crippen molar-refractivity contribution in [2.45, 2.75) is 25.8 Å². The Kier molecular flexibility index (Phi) is 7.14. The molecule has 0 saturated heterocycles. The summed E-state index contributed by atoms with van der Waals surface area (Å²) in [6.07, 6.45) is 1.19. The predicted molar refractivity (Wildman–Crippen MR) is 59.3 cm³/mol. The molecule has 0 aliphatic carbocycles. The van der Waals surface area contributed by atoms with Gasteiger partial charge in [0, 0.05) is 13.1 Å².